The predicted molar refractivity (Wildman–Crippen MR) is 69.8 cm³/mol. The summed E-state index contributed by atoms with van der Waals surface area (Å²) >= 11 is 0. The van der Waals surface area contributed by atoms with E-state index in [9.17, 15) is 0 Å². The molecule has 0 spiro atoms. The van der Waals surface area contributed by atoms with E-state index in [1.165, 1.54) is 5.56 Å². The first-order valence-electron chi connectivity index (χ1n) is 5.60. The molecule has 2 aromatic heterocycles. The van der Waals surface area contributed by atoms with Gasteiger partial charge in [-0.1, -0.05) is 6.07 Å². The average molecular weight is 228 g/mol. The number of hydrogen-bond acceptors (Lipinski definition) is 4. The summed E-state index contributed by atoms with van der Waals surface area (Å²) < 4.78 is 0. The Morgan fingerprint density at radius 3 is 2.94 bits per heavy atom. The van der Waals surface area contributed by atoms with Gasteiger partial charge >= 0.3 is 0 Å². The molecule has 0 aliphatic carbocycles. The van der Waals surface area contributed by atoms with E-state index in [0.29, 0.717) is 5.69 Å². The Morgan fingerprint density at radius 1 is 1.35 bits per heavy atom. The largest absolute Gasteiger partial charge is 0.397 e. The quantitative estimate of drug-likeness (QED) is 0.840. The molecule has 4 heteroatoms. The van der Waals surface area contributed by atoms with Gasteiger partial charge in [-0.25, -0.2) is 4.98 Å². The van der Waals surface area contributed by atoms with Gasteiger partial charge in [0.15, 0.2) is 0 Å². The molecule has 0 saturated heterocycles. The van der Waals surface area contributed by atoms with E-state index in [1.807, 2.05) is 25.3 Å². The number of aryl methyl sites for hydroxylation is 1. The molecule has 0 radical (unpaired) electrons. The Hall–Kier alpha value is -2.10. The molecule has 2 aromatic rings. The van der Waals surface area contributed by atoms with Crippen molar-refractivity contribution in [2.45, 2.75) is 13.3 Å². The fourth-order valence-electron chi connectivity index (χ4n) is 1.65. The van der Waals surface area contributed by atoms with E-state index in [-0.39, 0.29) is 0 Å². The molecular weight excluding hydrogens is 212 g/mol. The Kier molecular flexibility index (Phi) is 3.55. The van der Waals surface area contributed by atoms with Crippen molar-refractivity contribution in [1.29, 1.82) is 0 Å². The maximum atomic E-state index is 5.65. The lowest BCUT2D eigenvalue weighted by molar-refractivity contribution is 0.990. The smallest absolute Gasteiger partial charge is 0.129 e. The minimum absolute atomic E-state index is 0.695. The molecule has 17 heavy (non-hydrogen) atoms. The van der Waals surface area contributed by atoms with Gasteiger partial charge < -0.3 is 11.1 Å². The van der Waals surface area contributed by atoms with Crippen LogP contribution in [0, 0.1) is 6.92 Å². The summed E-state index contributed by atoms with van der Waals surface area (Å²) in [5.41, 5.74) is 8.63. The molecular formula is C13H16N4. The van der Waals surface area contributed by atoms with E-state index in [1.54, 1.807) is 12.4 Å². The van der Waals surface area contributed by atoms with Crippen molar-refractivity contribution >= 4 is 11.5 Å². The zero-order valence-electron chi connectivity index (χ0n) is 9.85. The zero-order chi connectivity index (χ0) is 12.1. The second-order valence-electron chi connectivity index (χ2n) is 3.97. The average Bonchev–Trinajstić information content (AvgIpc) is 2.33. The zero-order valence-corrected chi connectivity index (χ0v) is 9.85. The van der Waals surface area contributed by atoms with Crippen LogP contribution in [-0.4, -0.2) is 16.5 Å². The van der Waals surface area contributed by atoms with Crippen molar-refractivity contribution in [3.8, 4) is 0 Å². The third kappa shape index (κ3) is 3.17. The molecule has 0 aliphatic heterocycles. The second-order valence-corrected chi connectivity index (χ2v) is 3.97. The summed E-state index contributed by atoms with van der Waals surface area (Å²) in [5.74, 6) is 0.892. The van der Waals surface area contributed by atoms with Crippen LogP contribution in [0.3, 0.4) is 0 Å². The molecule has 0 amide bonds. The molecule has 0 unspecified atom stereocenters. The number of rotatable bonds is 4. The molecule has 88 valence electrons. The molecule has 4 nitrogen and oxygen atoms in total. The highest BCUT2D eigenvalue weighted by Crippen LogP contribution is 2.13. The van der Waals surface area contributed by atoms with Gasteiger partial charge in [0.2, 0.25) is 0 Å². The fourth-order valence-corrected chi connectivity index (χ4v) is 1.65. The molecule has 3 N–H and O–H groups in total. The fraction of sp³-hybridized carbons (Fsp3) is 0.231. The maximum Gasteiger partial charge on any atom is 0.129 e. The van der Waals surface area contributed by atoms with Crippen LogP contribution in [0.1, 0.15) is 11.1 Å². The maximum absolute atomic E-state index is 5.65. The van der Waals surface area contributed by atoms with E-state index in [0.717, 1.165) is 24.3 Å². The normalized spacial score (nSPS) is 10.2. The lowest BCUT2D eigenvalue weighted by Gasteiger charge is -2.08. The number of aromatic nitrogens is 2. The number of anilines is 2. The van der Waals surface area contributed by atoms with Gasteiger partial charge in [0, 0.05) is 18.9 Å². The van der Waals surface area contributed by atoms with Gasteiger partial charge in [0.1, 0.15) is 5.82 Å². The summed E-state index contributed by atoms with van der Waals surface area (Å²) in [5, 5.41) is 3.29. The van der Waals surface area contributed by atoms with Crippen molar-refractivity contribution in [2.24, 2.45) is 0 Å². The summed E-state index contributed by atoms with van der Waals surface area (Å²) in [6, 6.07) is 5.93. The van der Waals surface area contributed by atoms with Crippen molar-refractivity contribution in [3.05, 3.63) is 47.9 Å². The van der Waals surface area contributed by atoms with Crippen LogP contribution in [0.15, 0.2) is 36.8 Å². The number of nitrogen functional groups attached to an aromatic ring is 1. The molecule has 0 aromatic carbocycles. The van der Waals surface area contributed by atoms with Crippen LogP contribution >= 0.6 is 0 Å². The molecule has 0 saturated carbocycles. The summed E-state index contributed by atoms with van der Waals surface area (Å²) in [6.45, 7) is 2.83. The van der Waals surface area contributed by atoms with Crippen LogP contribution in [0.5, 0.6) is 0 Å². The lowest BCUT2D eigenvalue weighted by atomic mass is 10.2. The van der Waals surface area contributed by atoms with E-state index in [2.05, 4.69) is 21.4 Å². The first kappa shape index (κ1) is 11.4. The number of nitrogens with zero attached hydrogens (tertiary/aromatic N) is 2. The lowest BCUT2D eigenvalue weighted by Crippen LogP contribution is -2.08. The number of hydrogen-bond donors (Lipinski definition) is 2. The second kappa shape index (κ2) is 5.30. The van der Waals surface area contributed by atoms with Crippen LogP contribution in [0.25, 0.3) is 0 Å². The van der Waals surface area contributed by atoms with Gasteiger partial charge in [-0.15, -0.1) is 0 Å². The summed E-state index contributed by atoms with van der Waals surface area (Å²) in [6.07, 6.45) is 6.26. The first-order valence-corrected chi connectivity index (χ1v) is 5.60. The number of pyridine rings is 2. The third-order valence-electron chi connectivity index (χ3n) is 2.53. The van der Waals surface area contributed by atoms with E-state index in [4.69, 9.17) is 5.73 Å². The Bertz CT molecular complexity index is 482. The topological polar surface area (TPSA) is 63.8 Å². The highest BCUT2D eigenvalue weighted by atomic mass is 15.0. The molecule has 2 heterocycles. The molecule has 0 aliphatic rings. The molecule has 0 fully saturated rings. The van der Waals surface area contributed by atoms with Gasteiger partial charge in [-0.2, -0.15) is 0 Å². The van der Waals surface area contributed by atoms with Crippen molar-refractivity contribution in [2.75, 3.05) is 17.6 Å². The summed E-state index contributed by atoms with van der Waals surface area (Å²) in [7, 11) is 0. The minimum atomic E-state index is 0.695. The minimum Gasteiger partial charge on any atom is -0.397 e. The molecule has 0 bridgehead atoms. The highest BCUT2D eigenvalue weighted by molar-refractivity contribution is 5.50. The van der Waals surface area contributed by atoms with Crippen LogP contribution in [0.2, 0.25) is 0 Å². The van der Waals surface area contributed by atoms with E-state index < -0.39 is 0 Å². The standard InChI is InChI=1S/C13H16N4/c1-10-7-12(14)9-17-13(10)16-6-4-11-3-2-5-15-8-11/h2-3,5,7-9H,4,6,14H2,1H3,(H,16,17). The van der Waals surface area contributed by atoms with E-state index >= 15 is 0 Å². The third-order valence-corrected chi connectivity index (χ3v) is 2.53. The Labute approximate surface area is 101 Å². The predicted octanol–water partition coefficient (Wildman–Crippen LogP) is 2.02. The van der Waals surface area contributed by atoms with Crippen molar-refractivity contribution in [1.82, 2.24) is 9.97 Å². The highest BCUT2D eigenvalue weighted by Gasteiger charge is 1.99. The SMILES string of the molecule is Cc1cc(N)cnc1NCCc1cccnc1. The van der Waals surface area contributed by atoms with Gasteiger partial charge in [0.25, 0.3) is 0 Å². The number of nitrogens with two attached hydrogens (primary N) is 1. The van der Waals surface area contributed by atoms with Crippen molar-refractivity contribution < 1.29 is 0 Å². The Balaban J connectivity index is 1.90. The summed E-state index contributed by atoms with van der Waals surface area (Å²) in [4.78, 5) is 8.34. The van der Waals surface area contributed by atoms with Crippen LogP contribution in [0.4, 0.5) is 11.5 Å². The van der Waals surface area contributed by atoms with Gasteiger partial charge in [-0.3, -0.25) is 4.98 Å². The first-order chi connectivity index (χ1) is 8.25. The van der Waals surface area contributed by atoms with Crippen LogP contribution < -0.4 is 11.1 Å². The molecule has 0 atom stereocenters. The van der Waals surface area contributed by atoms with Crippen molar-refractivity contribution in [3.63, 3.8) is 0 Å². The monoisotopic (exact) mass is 228 g/mol. The Morgan fingerprint density at radius 2 is 2.24 bits per heavy atom. The van der Waals surface area contributed by atoms with Crippen LogP contribution in [-0.2, 0) is 6.42 Å². The van der Waals surface area contributed by atoms with Gasteiger partial charge in [-0.05, 0) is 36.6 Å². The molecule has 2 rings (SSSR count). The number of nitrogens with one attached hydrogen (secondary N) is 1. The van der Waals surface area contributed by atoms with Gasteiger partial charge in [0.05, 0.1) is 11.9 Å².